The molecule has 0 N–H and O–H groups in total. The second-order valence-corrected chi connectivity index (χ2v) is 18.2. The minimum Gasteiger partial charge on any atom is -0.455 e. The summed E-state index contributed by atoms with van der Waals surface area (Å²) in [6.07, 6.45) is 4.69. The highest BCUT2D eigenvalue weighted by atomic mass is 32.2. The van der Waals surface area contributed by atoms with Gasteiger partial charge in [-0.3, -0.25) is 4.99 Å². The van der Waals surface area contributed by atoms with E-state index in [1.54, 1.807) is 0 Å². The first-order valence-corrected chi connectivity index (χ1v) is 22.0. The van der Waals surface area contributed by atoms with Crippen LogP contribution in [0.15, 0.2) is 197 Å². The number of furan rings is 1. The number of thioether (sulfide) groups is 1. The lowest BCUT2D eigenvalue weighted by atomic mass is 9.77. The molecular formula is C56H40N4OS. The molecule has 0 amide bonds. The van der Waals surface area contributed by atoms with Crippen LogP contribution in [0.3, 0.4) is 0 Å². The van der Waals surface area contributed by atoms with Gasteiger partial charge in [-0.2, -0.15) is 0 Å². The summed E-state index contributed by atoms with van der Waals surface area (Å²) in [7, 11) is 0. The largest absolute Gasteiger partial charge is 0.455 e. The minimum atomic E-state index is -0.302. The van der Waals surface area contributed by atoms with Gasteiger partial charge in [-0.25, -0.2) is 15.0 Å². The summed E-state index contributed by atoms with van der Waals surface area (Å²) >= 11 is 1.91. The number of hydrogen-bond donors (Lipinski definition) is 0. The average Bonchev–Trinajstić information content (AvgIpc) is 3.96. The lowest BCUT2D eigenvalue weighted by Gasteiger charge is -2.32. The summed E-state index contributed by atoms with van der Waals surface area (Å²) < 4.78 is 7.03. The fourth-order valence-electron chi connectivity index (χ4n) is 9.69. The Morgan fingerprint density at radius 2 is 1.00 bits per heavy atom. The second kappa shape index (κ2) is 13.9. The van der Waals surface area contributed by atoms with Gasteiger partial charge < -0.3 is 4.42 Å². The van der Waals surface area contributed by atoms with Crippen molar-refractivity contribution in [1.82, 2.24) is 15.0 Å². The van der Waals surface area contributed by atoms with Crippen molar-refractivity contribution in [2.24, 2.45) is 4.99 Å². The predicted octanol–water partition coefficient (Wildman–Crippen LogP) is 14.0. The molecule has 3 heterocycles. The molecular weight excluding hydrogens is 777 g/mol. The highest BCUT2D eigenvalue weighted by molar-refractivity contribution is 8.15. The Morgan fingerprint density at radius 3 is 1.61 bits per heavy atom. The minimum absolute atomic E-state index is 0.170. The van der Waals surface area contributed by atoms with E-state index in [-0.39, 0.29) is 16.2 Å². The lowest BCUT2D eigenvalue weighted by Crippen LogP contribution is -2.33. The van der Waals surface area contributed by atoms with Crippen molar-refractivity contribution in [3.05, 3.63) is 204 Å². The quantitative estimate of drug-likeness (QED) is 0.167. The number of nitrogens with zero attached hydrogens (tertiary/aromatic N) is 4. The van der Waals surface area contributed by atoms with Crippen LogP contribution in [0.4, 0.5) is 0 Å². The first-order chi connectivity index (χ1) is 30.3. The van der Waals surface area contributed by atoms with Gasteiger partial charge >= 0.3 is 0 Å². The molecule has 5 nitrogen and oxygen atoms in total. The molecule has 0 bridgehead atoms. The Morgan fingerprint density at radius 1 is 0.484 bits per heavy atom. The molecule has 0 fully saturated rings. The predicted molar refractivity (Wildman–Crippen MR) is 256 cm³/mol. The molecule has 9 aromatic rings. The van der Waals surface area contributed by atoms with Gasteiger partial charge in [0.15, 0.2) is 17.5 Å². The van der Waals surface area contributed by atoms with Gasteiger partial charge in [0.25, 0.3) is 0 Å². The highest BCUT2D eigenvalue weighted by Gasteiger charge is 2.50. The van der Waals surface area contributed by atoms with Crippen molar-refractivity contribution < 1.29 is 4.42 Å². The number of allylic oxidation sites excluding steroid dienone is 2. The van der Waals surface area contributed by atoms with E-state index >= 15 is 0 Å². The summed E-state index contributed by atoms with van der Waals surface area (Å²) in [6, 6.07) is 59.2. The topological polar surface area (TPSA) is 64.2 Å². The van der Waals surface area contributed by atoms with Crippen LogP contribution < -0.4 is 0 Å². The molecule has 0 radical (unpaired) electrons. The van der Waals surface area contributed by atoms with Gasteiger partial charge in [0, 0.05) is 49.6 Å². The second-order valence-electron chi connectivity index (χ2n) is 17.1. The maximum Gasteiger partial charge on any atom is 0.164 e. The molecule has 0 saturated carbocycles. The maximum absolute atomic E-state index is 7.03. The molecule has 0 saturated heterocycles. The normalized spacial score (nSPS) is 18.5. The number of fused-ring (bicyclic) bond motifs is 7. The molecule has 62 heavy (non-hydrogen) atoms. The van der Waals surface area contributed by atoms with E-state index < -0.39 is 0 Å². The zero-order chi connectivity index (χ0) is 41.6. The third-order valence-corrected chi connectivity index (χ3v) is 14.4. The molecule has 1 aliphatic heterocycles. The Labute approximate surface area is 364 Å². The van der Waals surface area contributed by atoms with Crippen LogP contribution in [0.1, 0.15) is 37.5 Å². The summed E-state index contributed by atoms with van der Waals surface area (Å²) in [6.45, 7) is 7.02. The zero-order valence-electron chi connectivity index (χ0n) is 34.5. The summed E-state index contributed by atoms with van der Waals surface area (Å²) in [5.74, 6) is 1.89. The molecule has 2 aliphatic carbocycles. The van der Waals surface area contributed by atoms with E-state index in [9.17, 15) is 0 Å². The van der Waals surface area contributed by atoms with Crippen molar-refractivity contribution in [2.75, 3.05) is 0 Å². The SMILES string of the molecule is CC1(C)C2=C(c3ccc(-c4cccc5c4oc4c(-c6cccc(-c7nc(-c8ccccc8)nc(-c8ccccc8)n7)c6)cccc45)cc31)C1SC(c3ccccc3)=NC1(C)C=C2. The molecule has 7 aromatic carbocycles. The van der Waals surface area contributed by atoms with Gasteiger partial charge in [0.05, 0.1) is 15.8 Å². The van der Waals surface area contributed by atoms with E-state index in [4.69, 9.17) is 24.4 Å². The first kappa shape index (κ1) is 36.7. The average molecular weight is 817 g/mol. The number of aliphatic imine (C=N–C) groups is 1. The van der Waals surface area contributed by atoms with Crippen molar-refractivity contribution in [2.45, 2.75) is 37.0 Å². The standard InChI is InChI=1S/C56H40N4OS/c1-55(2)45-30-31-56(3)50(62-54(60-56)36-20-11-6-12-21-36)47(45)44-29-28-38(33-46(44)55)41-25-15-27-43-42-26-14-24-40(48(42)61-49(41)43)37-22-13-23-39(32-37)53-58-51(34-16-7-4-8-17-34)57-52(59-53)35-18-9-5-10-19-35/h4-33,50H,1-3H3. The van der Waals surface area contributed by atoms with Crippen LogP contribution in [0, 0.1) is 0 Å². The number of rotatable bonds is 6. The molecule has 2 unspecified atom stereocenters. The fourth-order valence-corrected chi connectivity index (χ4v) is 11.2. The molecule has 2 aromatic heterocycles. The van der Waals surface area contributed by atoms with Crippen LogP contribution in [0.25, 0.3) is 83.9 Å². The van der Waals surface area contributed by atoms with Gasteiger partial charge in [0.1, 0.15) is 11.2 Å². The molecule has 2 atom stereocenters. The van der Waals surface area contributed by atoms with E-state index in [2.05, 4.69) is 142 Å². The van der Waals surface area contributed by atoms with Crippen molar-refractivity contribution in [3.8, 4) is 56.4 Å². The van der Waals surface area contributed by atoms with Crippen LogP contribution >= 0.6 is 11.8 Å². The Bertz CT molecular complexity index is 3310. The van der Waals surface area contributed by atoms with Crippen LogP contribution in [0.5, 0.6) is 0 Å². The Hall–Kier alpha value is -7.15. The third kappa shape index (κ3) is 5.78. The third-order valence-electron chi connectivity index (χ3n) is 12.9. The van der Waals surface area contributed by atoms with Gasteiger partial charge in [-0.05, 0) is 52.5 Å². The fraction of sp³-hybridized carbons (Fsp3) is 0.107. The van der Waals surface area contributed by atoms with E-state index in [1.165, 1.54) is 27.8 Å². The number of para-hydroxylation sites is 2. The van der Waals surface area contributed by atoms with Gasteiger partial charge in [-0.1, -0.05) is 195 Å². The number of hydrogen-bond acceptors (Lipinski definition) is 6. The van der Waals surface area contributed by atoms with Crippen LogP contribution in [-0.2, 0) is 5.41 Å². The van der Waals surface area contributed by atoms with Crippen molar-refractivity contribution >= 4 is 44.3 Å². The highest BCUT2D eigenvalue weighted by Crippen LogP contribution is 2.58. The van der Waals surface area contributed by atoms with Crippen molar-refractivity contribution in [3.63, 3.8) is 0 Å². The number of aromatic nitrogens is 3. The summed E-state index contributed by atoms with van der Waals surface area (Å²) in [5, 5.41) is 3.50. The molecule has 3 aliphatic rings. The van der Waals surface area contributed by atoms with Gasteiger partial charge in [0.2, 0.25) is 0 Å². The monoisotopic (exact) mass is 816 g/mol. The zero-order valence-corrected chi connectivity index (χ0v) is 35.3. The molecule has 0 spiro atoms. The van der Waals surface area contributed by atoms with Gasteiger partial charge in [-0.15, -0.1) is 0 Å². The van der Waals surface area contributed by atoms with E-state index in [0.717, 1.165) is 65.9 Å². The Balaban J connectivity index is 0.931. The first-order valence-electron chi connectivity index (χ1n) is 21.2. The molecule has 296 valence electrons. The Kier molecular flexibility index (Phi) is 8.25. The molecule has 6 heteroatoms. The summed E-state index contributed by atoms with van der Waals surface area (Å²) in [4.78, 5) is 20.3. The van der Waals surface area contributed by atoms with Crippen molar-refractivity contribution in [1.29, 1.82) is 0 Å². The molecule has 12 rings (SSSR count). The van der Waals surface area contributed by atoms with Crippen LogP contribution in [-0.4, -0.2) is 30.8 Å². The summed E-state index contributed by atoms with van der Waals surface area (Å²) in [5.41, 5.74) is 15.0. The van der Waals surface area contributed by atoms with Crippen LogP contribution in [0.2, 0.25) is 0 Å². The lowest BCUT2D eigenvalue weighted by molar-refractivity contribution is 0.606. The smallest absolute Gasteiger partial charge is 0.164 e. The van der Waals surface area contributed by atoms with E-state index in [0.29, 0.717) is 17.5 Å². The van der Waals surface area contributed by atoms with E-state index in [1.807, 2.05) is 72.4 Å². The number of benzene rings is 7. The maximum atomic E-state index is 7.03.